The third kappa shape index (κ3) is 8.10. The minimum absolute atomic E-state index is 0.00658. The van der Waals surface area contributed by atoms with E-state index >= 15 is 0 Å². The van der Waals surface area contributed by atoms with E-state index in [1.54, 1.807) is 0 Å². The molecule has 0 spiro atoms. The van der Waals surface area contributed by atoms with Crippen molar-refractivity contribution in [3.05, 3.63) is 168 Å². The van der Waals surface area contributed by atoms with Crippen LogP contribution < -0.4 is 14.5 Å². The predicted molar refractivity (Wildman–Crippen MR) is 267 cm³/mol. The second kappa shape index (κ2) is 15.2. The maximum absolute atomic E-state index is 6.84. The van der Waals surface area contributed by atoms with E-state index in [1.165, 1.54) is 55.8 Å². The van der Waals surface area contributed by atoms with Gasteiger partial charge in [0.25, 0.3) is 0 Å². The monoisotopic (exact) mass is 830 g/mol. The van der Waals surface area contributed by atoms with Crippen molar-refractivity contribution in [3.63, 3.8) is 0 Å². The maximum Gasteiger partial charge on any atom is 0.137 e. The van der Waals surface area contributed by atoms with Crippen molar-refractivity contribution < 1.29 is 4.74 Å². The molecule has 0 aliphatic carbocycles. The number of aromatic nitrogens is 2. The summed E-state index contributed by atoms with van der Waals surface area (Å²) in [5.41, 5.74) is 14.5. The Hall–Kier alpha value is -6.33. The summed E-state index contributed by atoms with van der Waals surface area (Å²) in [6, 6.07) is 50.9. The Kier molecular flexibility index (Phi) is 10.1. The van der Waals surface area contributed by atoms with Crippen molar-refractivity contribution in [2.45, 2.75) is 105 Å². The van der Waals surface area contributed by atoms with E-state index < -0.39 is 0 Å². The quantitative estimate of drug-likeness (QED) is 0.167. The molecule has 0 atom stereocenters. The standard InChI is InChI=1S/C58H62N4O/c1-55(2,3)40-22-26-51-53(33-40)61(45-31-42(57(7,8)9)30-43(32-45)58(10,11)12)37-60(51)44-19-16-20-46(35-44)63-47-23-24-48-49-29-39(38-17-14-13-15-18-38)21-25-50(49)62(52(48)36-47)54-34-41(27-28-59-54)56(4,5)6/h13-36H,37H2,1-12H3. The van der Waals surface area contributed by atoms with Gasteiger partial charge in [-0.15, -0.1) is 0 Å². The Labute approximate surface area is 375 Å². The van der Waals surface area contributed by atoms with Crippen LogP contribution in [0.15, 0.2) is 146 Å². The molecule has 0 bridgehead atoms. The summed E-state index contributed by atoms with van der Waals surface area (Å²) < 4.78 is 9.13. The van der Waals surface area contributed by atoms with E-state index in [0.717, 1.165) is 39.4 Å². The van der Waals surface area contributed by atoms with E-state index in [-0.39, 0.29) is 21.7 Å². The lowest BCUT2D eigenvalue weighted by Gasteiger charge is -2.29. The van der Waals surface area contributed by atoms with Crippen LogP contribution in [0.5, 0.6) is 11.5 Å². The Morgan fingerprint density at radius 3 is 1.76 bits per heavy atom. The number of anilines is 4. The van der Waals surface area contributed by atoms with Crippen LogP contribution in [0, 0.1) is 0 Å². The van der Waals surface area contributed by atoms with E-state index in [1.807, 2.05) is 6.20 Å². The second-order valence-corrected chi connectivity index (χ2v) is 21.6. The van der Waals surface area contributed by atoms with Crippen molar-refractivity contribution in [3.8, 4) is 28.4 Å². The topological polar surface area (TPSA) is 33.5 Å². The van der Waals surface area contributed by atoms with Gasteiger partial charge in [0, 0.05) is 40.5 Å². The van der Waals surface area contributed by atoms with Crippen LogP contribution >= 0.6 is 0 Å². The minimum Gasteiger partial charge on any atom is -0.457 e. The Morgan fingerprint density at radius 2 is 1.08 bits per heavy atom. The highest BCUT2D eigenvalue weighted by Crippen LogP contribution is 2.48. The lowest BCUT2D eigenvalue weighted by Crippen LogP contribution is -2.25. The van der Waals surface area contributed by atoms with Crippen molar-refractivity contribution in [2.75, 3.05) is 16.5 Å². The normalized spacial score (nSPS) is 13.6. The number of benzene rings is 6. The van der Waals surface area contributed by atoms with Crippen molar-refractivity contribution in [1.82, 2.24) is 9.55 Å². The first-order valence-electron chi connectivity index (χ1n) is 22.5. The summed E-state index contributed by atoms with van der Waals surface area (Å²) in [5, 5.41) is 2.33. The fraction of sp³-hybridized carbons (Fsp3) is 0.293. The van der Waals surface area contributed by atoms with E-state index in [0.29, 0.717) is 6.67 Å². The summed E-state index contributed by atoms with van der Waals surface area (Å²) in [5.74, 6) is 2.44. The van der Waals surface area contributed by atoms with Gasteiger partial charge in [0.15, 0.2) is 0 Å². The Morgan fingerprint density at radius 1 is 0.429 bits per heavy atom. The first kappa shape index (κ1) is 42.0. The van der Waals surface area contributed by atoms with Gasteiger partial charge in [-0.05, 0) is 128 Å². The van der Waals surface area contributed by atoms with Crippen LogP contribution in [0.4, 0.5) is 22.7 Å². The molecule has 0 radical (unpaired) electrons. The average Bonchev–Trinajstić information content (AvgIpc) is 3.78. The summed E-state index contributed by atoms with van der Waals surface area (Å²) in [7, 11) is 0. The number of pyridine rings is 1. The molecular formula is C58H62N4O. The summed E-state index contributed by atoms with van der Waals surface area (Å²) >= 11 is 0. The van der Waals surface area contributed by atoms with Gasteiger partial charge < -0.3 is 14.5 Å². The van der Waals surface area contributed by atoms with Gasteiger partial charge in [0.2, 0.25) is 0 Å². The molecular weight excluding hydrogens is 769 g/mol. The Balaban J connectivity index is 1.12. The van der Waals surface area contributed by atoms with Gasteiger partial charge in [0.1, 0.15) is 24.0 Å². The first-order chi connectivity index (χ1) is 29.7. The van der Waals surface area contributed by atoms with Crippen LogP contribution in [-0.4, -0.2) is 16.2 Å². The molecule has 5 nitrogen and oxygen atoms in total. The van der Waals surface area contributed by atoms with Crippen molar-refractivity contribution >= 4 is 44.6 Å². The molecule has 63 heavy (non-hydrogen) atoms. The van der Waals surface area contributed by atoms with Gasteiger partial charge in [-0.25, -0.2) is 4.98 Å². The number of rotatable bonds is 6. The van der Waals surface area contributed by atoms with E-state index in [2.05, 4.69) is 237 Å². The van der Waals surface area contributed by atoms with Crippen LogP contribution in [0.2, 0.25) is 0 Å². The van der Waals surface area contributed by atoms with Gasteiger partial charge >= 0.3 is 0 Å². The van der Waals surface area contributed by atoms with Gasteiger partial charge in [0.05, 0.1) is 22.4 Å². The van der Waals surface area contributed by atoms with Crippen molar-refractivity contribution in [2.24, 2.45) is 0 Å². The fourth-order valence-corrected chi connectivity index (χ4v) is 8.78. The molecule has 0 saturated heterocycles. The second-order valence-electron chi connectivity index (χ2n) is 21.6. The van der Waals surface area contributed by atoms with Gasteiger partial charge in [-0.2, -0.15) is 0 Å². The highest BCUT2D eigenvalue weighted by atomic mass is 16.5. The zero-order chi connectivity index (χ0) is 44.6. The van der Waals surface area contributed by atoms with Crippen LogP contribution in [0.3, 0.4) is 0 Å². The minimum atomic E-state index is -0.0240. The number of hydrogen-bond acceptors (Lipinski definition) is 4. The van der Waals surface area contributed by atoms with Crippen LogP contribution in [0.25, 0.3) is 38.8 Å². The summed E-state index contributed by atoms with van der Waals surface area (Å²) in [4.78, 5) is 9.88. The van der Waals surface area contributed by atoms with Gasteiger partial charge in [-0.3, -0.25) is 4.57 Å². The number of nitrogens with zero attached hydrogens (tertiary/aromatic N) is 4. The molecule has 6 aromatic carbocycles. The molecule has 0 fully saturated rings. The molecule has 0 N–H and O–H groups in total. The number of fused-ring (bicyclic) bond motifs is 4. The highest BCUT2D eigenvalue weighted by molar-refractivity contribution is 6.10. The fourth-order valence-electron chi connectivity index (χ4n) is 8.78. The highest BCUT2D eigenvalue weighted by Gasteiger charge is 2.32. The lowest BCUT2D eigenvalue weighted by atomic mass is 9.80. The molecule has 0 saturated carbocycles. The van der Waals surface area contributed by atoms with Crippen LogP contribution in [-0.2, 0) is 21.7 Å². The maximum atomic E-state index is 6.84. The van der Waals surface area contributed by atoms with Crippen molar-refractivity contribution in [1.29, 1.82) is 0 Å². The SMILES string of the molecule is CC(C)(C)c1cc(N2CN(c3cccc(Oc4ccc5c6cc(-c7ccccc7)ccc6n(-c6cc(C(C)(C)C)ccn6)c5c4)c3)c3ccc(C(C)(C)C)cc32)cc(C(C)(C)C)c1. The third-order valence-electron chi connectivity index (χ3n) is 12.7. The van der Waals surface area contributed by atoms with E-state index in [4.69, 9.17) is 9.72 Å². The number of hydrogen-bond donors (Lipinski definition) is 0. The van der Waals surface area contributed by atoms with Crippen LogP contribution in [0.1, 0.15) is 105 Å². The molecule has 3 heterocycles. The molecule has 2 aromatic heterocycles. The summed E-state index contributed by atoms with van der Waals surface area (Å²) in [6.45, 7) is 28.2. The molecule has 0 unspecified atom stereocenters. The lowest BCUT2D eigenvalue weighted by molar-refractivity contribution is 0.483. The molecule has 8 aromatic rings. The smallest absolute Gasteiger partial charge is 0.137 e. The average molecular weight is 831 g/mol. The summed E-state index contributed by atoms with van der Waals surface area (Å²) in [6.07, 6.45) is 1.93. The van der Waals surface area contributed by atoms with Gasteiger partial charge in [-0.1, -0.05) is 138 Å². The molecule has 5 heteroatoms. The molecule has 1 aliphatic heterocycles. The molecule has 0 amide bonds. The molecule has 320 valence electrons. The molecule has 1 aliphatic rings. The van der Waals surface area contributed by atoms with E-state index in [9.17, 15) is 0 Å². The largest absolute Gasteiger partial charge is 0.457 e. The third-order valence-corrected chi connectivity index (χ3v) is 12.7. The number of ether oxygens (including phenoxy) is 1. The Bertz CT molecular complexity index is 2970. The molecule has 9 rings (SSSR count). The predicted octanol–water partition coefficient (Wildman–Crippen LogP) is 16.1. The zero-order valence-electron chi connectivity index (χ0n) is 39.3. The first-order valence-corrected chi connectivity index (χ1v) is 22.5. The zero-order valence-corrected chi connectivity index (χ0v) is 39.3.